The molecular weight excluding hydrogens is 285 g/mol. The van der Waals surface area contributed by atoms with Crippen LogP contribution in [0.3, 0.4) is 0 Å². The summed E-state index contributed by atoms with van der Waals surface area (Å²) in [5.74, 6) is -0.121. The van der Waals surface area contributed by atoms with Crippen LogP contribution in [0.1, 0.15) is 42.0 Å². The molecule has 1 aromatic heterocycles. The van der Waals surface area contributed by atoms with Crippen LogP contribution in [-0.4, -0.2) is 4.57 Å². The van der Waals surface area contributed by atoms with Gasteiger partial charge in [0, 0.05) is 24.0 Å². The molecule has 1 heterocycles. The third-order valence-corrected chi connectivity index (χ3v) is 5.73. The van der Waals surface area contributed by atoms with Crippen molar-refractivity contribution in [2.24, 2.45) is 7.05 Å². The van der Waals surface area contributed by atoms with Gasteiger partial charge in [-0.05, 0) is 60.6 Å². The Labute approximate surface area is 136 Å². The van der Waals surface area contributed by atoms with Crippen molar-refractivity contribution in [2.75, 3.05) is 0 Å². The first-order valence-electron chi connectivity index (χ1n) is 8.41. The minimum atomic E-state index is -0.121. The average molecular weight is 307 g/mol. The van der Waals surface area contributed by atoms with Crippen LogP contribution in [-0.2, 0) is 18.9 Å². The molecule has 1 atom stereocenters. The Kier molecular flexibility index (Phi) is 3.12. The SMILES string of the molecule is CCC1(c2cn(C)c3c(C)cccc23)CCc2cc(F)ccc21. The molecule has 1 nitrogen and oxygen atoms in total. The van der Waals surface area contributed by atoms with E-state index in [2.05, 4.69) is 49.9 Å². The van der Waals surface area contributed by atoms with Gasteiger partial charge in [0.05, 0.1) is 5.52 Å². The van der Waals surface area contributed by atoms with Gasteiger partial charge >= 0.3 is 0 Å². The minimum Gasteiger partial charge on any atom is -0.350 e. The molecule has 0 radical (unpaired) electrons. The summed E-state index contributed by atoms with van der Waals surface area (Å²) >= 11 is 0. The maximum absolute atomic E-state index is 13.6. The highest BCUT2D eigenvalue weighted by atomic mass is 19.1. The summed E-state index contributed by atoms with van der Waals surface area (Å²) in [4.78, 5) is 0. The maximum Gasteiger partial charge on any atom is 0.123 e. The van der Waals surface area contributed by atoms with Gasteiger partial charge in [-0.15, -0.1) is 0 Å². The van der Waals surface area contributed by atoms with Gasteiger partial charge in [0.15, 0.2) is 0 Å². The fourth-order valence-corrected chi connectivity index (χ4v) is 4.61. The minimum absolute atomic E-state index is 0.0103. The zero-order valence-electron chi connectivity index (χ0n) is 14.0. The van der Waals surface area contributed by atoms with E-state index >= 15 is 0 Å². The van der Waals surface area contributed by atoms with Gasteiger partial charge in [-0.1, -0.05) is 31.2 Å². The van der Waals surface area contributed by atoms with Crippen molar-refractivity contribution < 1.29 is 4.39 Å². The first kappa shape index (κ1) is 14.5. The fraction of sp³-hybridized carbons (Fsp3) is 0.333. The third-order valence-electron chi connectivity index (χ3n) is 5.73. The molecule has 0 fully saturated rings. The molecule has 0 saturated carbocycles. The number of para-hydroxylation sites is 1. The van der Waals surface area contributed by atoms with Crippen LogP contribution in [0.15, 0.2) is 42.6 Å². The quantitative estimate of drug-likeness (QED) is 0.608. The molecular formula is C21H22FN. The number of fused-ring (bicyclic) bond motifs is 2. The van der Waals surface area contributed by atoms with Crippen LogP contribution in [0.4, 0.5) is 4.39 Å². The molecule has 2 heteroatoms. The third kappa shape index (κ3) is 1.90. The van der Waals surface area contributed by atoms with Crippen molar-refractivity contribution in [3.8, 4) is 0 Å². The predicted molar refractivity (Wildman–Crippen MR) is 93.4 cm³/mol. The lowest BCUT2D eigenvalue weighted by atomic mass is 9.73. The van der Waals surface area contributed by atoms with E-state index in [1.54, 1.807) is 12.1 Å². The second-order valence-electron chi connectivity index (χ2n) is 6.86. The van der Waals surface area contributed by atoms with Crippen molar-refractivity contribution in [2.45, 2.75) is 38.5 Å². The predicted octanol–water partition coefficient (Wildman–Crippen LogP) is 5.27. The molecule has 4 rings (SSSR count). The van der Waals surface area contributed by atoms with E-state index in [4.69, 9.17) is 0 Å². The van der Waals surface area contributed by atoms with Crippen molar-refractivity contribution in [3.63, 3.8) is 0 Å². The number of hydrogen-bond donors (Lipinski definition) is 0. The van der Waals surface area contributed by atoms with Gasteiger partial charge in [0.1, 0.15) is 5.82 Å². The number of aryl methyl sites for hydroxylation is 3. The van der Waals surface area contributed by atoms with Crippen LogP contribution in [0.5, 0.6) is 0 Å². The van der Waals surface area contributed by atoms with Gasteiger partial charge in [0.25, 0.3) is 0 Å². The van der Waals surface area contributed by atoms with Crippen LogP contribution >= 0.6 is 0 Å². The molecule has 2 aromatic carbocycles. The Morgan fingerprint density at radius 3 is 2.78 bits per heavy atom. The lowest BCUT2D eigenvalue weighted by Crippen LogP contribution is -2.23. The van der Waals surface area contributed by atoms with Crippen molar-refractivity contribution in [1.82, 2.24) is 4.57 Å². The zero-order chi connectivity index (χ0) is 16.2. The van der Waals surface area contributed by atoms with E-state index in [9.17, 15) is 4.39 Å². The number of nitrogens with zero attached hydrogens (tertiary/aromatic N) is 1. The summed E-state index contributed by atoms with van der Waals surface area (Å²) in [6, 6.07) is 11.9. The lowest BCUT2D eigenvalue weighted by molar-refractivity contribution is 0.495. The molecule has 118 valence electrons. The summed E-state index contributed by atoms with van der Waals surface area (Å²) in [5.41, 5.74) is 6.51. The van der Waals surface area contributed by atoms with Crippen molar-refractivity contribution in [1.29, 1.82) is 0 Å². The average Bonchev–Trinajstić information content (AvgIpc) is 3.07. The number of aromatic nitrogens is 1. The monoisotopic (exact) mass is 307 g/mol. The van der Waals surface area contributed by atoms with Crippen molar-refractivity contribution in [3.05, 3.63) is 70.7 Å². The number of benzene rings is 2. The largest absolute Gasteiger partial charge is 0.350 e. The Balaban J connectivity index is 2.02. The number of rotatable bonds is 2. The first-order chi connectivity index (χ1) is 11.1. The molecule has 3 aromatic rings. The van der Waals surface area contributed by atoms with E-state index in [0.717, 1.165) is 19.3 Å². The molecule has 1 unspecified atom stereocenters. The van der Waals surface area contributed by atoms with Crippen LogP contribution in [0, 0.1) is 12.7 Å². The van der Waals surface area contributed by atoms with E-state index in [1.807, 2.05) is 6.07 Å². The Morgan fingerprint density at radius 2 is 2.00 bits per heavy atom. The van der Waals surface area contributed by atoms with E-state index in [1.165, 1.54) is 33.2 Å². The summed E-state index contributed by atoms with van der Waals surface area (Å²) < 4.78 is 15.9. The smallest absolute Gasteiger partial charge is 0.123 e. The highest BCUT2D eigenvalue weighted by molar-refractivity contribution is 5.88. The fourth-order valence-electron chi connectivity index (χ4n) is 4.61. The molecule has 0 bridgehead atoms. The Morgan fingerprint density at radius 1 is 1.17 bits per heavy atom. The highest BCUT2D eigenvalue weighted by Gasteiger charge is 2.40. The Bertz CT molecular complexity index is 906. The second kappa shape index (κ2) is 4.95. The number of halogens is 1. The summed E-state index contributed by atoms with van der Waals surface area (Å²) in [6.45, 7) is 4.43. The van der Waals surface area contributed by atoms with Gasteiger partial charge in [-0.3, -0.25) is 0 Å². The molecule has 1 aliphatic carbocycles. The van der Waals surface area contributed by atoms with E-state index < -0.39 is 0 Å². The zero-order valence-corrected chi connectivity index (χ0v) is 14.0. The van der Waals surface area contributed by atoms with Gasteiger partial charge < -0.3 is 4.57 Å². The molecule has 23 heavy (non-hydrogen) atoms. The van der Waals surface area contributed by atoms with Gasteiger partial charge in [0.2, 0.25) is 0 Å². The molecule has 0 N–H and O–H groups in total. The standard InChI is InChI=1S/C21H22FN/c1-4-21(11-10-15-12-16(22)8-9-18(15)21)19-13-23(3)20-14(2)6-5-7-17(19)20/h5-9,12-13H,4,10-11H2,1-3H3. The molecule has 0 amide bonds. The van der Waals surface area contributed by atoms with E-state index in [-0.39, 0.29) is 11.2 Å². The molecule has 0 spiro atoms. The first-order valence-corrected chi connectivity index (χ1v) is 8.41. The molecule has 0 aliphatic heterocycles. The lowest BCUT2D eigenvalue weighted by Gasteiger charge is -2.29. The number of hydrogen-bond acceptors (Lipinski definition) is 0. The molecule has 1 aliphatic rings. The van der Waals surface area contributed by atoms with Crippen molar-refractivity contribution >= 4 is 10.9 Å². The maximum atomic E-state index is 13.6. The molecule has 0 saturated heterocycles. The van der Waals surface area contributed by atoms with E-state index in [0.29, 0.717) is 0 Å². The summed E-state index contributed by atoms with van der Waals surface area (Å²) in [5, 5.41) is 1.34. The van der Waals surface area contributed by atoms with Gasteiger partial charge in [-0.25, -0.2) is 4.39 Å². The summed E-state index contributed by atoms with van der Waals surface area (Å²) in [6.07, 6.45) is 5.36. The highest BCUT2D eigenvalue weighted by Crippen LogP contribution is 2.49. The topological polar surface area (TPSA) is 4.93 Å². The van der Waals surface area contributed by atoms with Crippen LogP contribution in [0.25, 0.3) is 10.9 Å². The Hall–Kier alpha value is -2.09. The second-order valence-corrected chi connectivity index (χ2v) is 6.86. The van der Waals surface area contributed by atoms with Gasteiger partial charge in [-0.2, -0.15) is 0 Å². The normalized spacial score (nSPS) is 20.2. The van der Waals surface area contributed by atoms with Crippen LogP contribution < -0.4 is 0 Å². The van der Waals surface area contributed by atoms with Crippen LogP contribution in [0.2, 0.25) is 0 Å². The summed E-state index contributed by atoms with van der Waals surface area (Å²) in [7, 11) is 2.13.